The van der Waals surface area contributed by atoms with Gasteiger partial charge in [0.15, 0.2) is 5.65 Å². The zero-order valence-electron chi connectivity index (χ0n) is 13.2. The van der Waals surface area contributed by atoms with Crippen LogP contribution >= 0.6 is 0 Å². The number of ether oxygens (including phenoxy) is 1. The Morgan fingerprint density at radius 3 is 2.77 bits per heavy atom. The maximum absolute atomic E-state index is 11.8. The minimum absolute atomic E-state index is 0.00326. The standard InChI is InChI=1S/C15H21N5O2/c1-4-22-15(21)11-5-7-20(8-6-11)14-12-9-16-19(3)13(12)17-10(2)18-14/h9,11H,4-8H2,1-3H3. The van der Waals surface area contributed by atoms with E-state index in [1.807, 2.05) is 27.1 Å². The van der Waals surface area contributed by atoms with Crippen LogP contribution in [0.15, 0.2) is 6.20 Å². The van der Waals surface area contributed by atoms with E-state index in [-0.39, 0.29) is 11.9 Å². The van der Waals surface area contributed by atoms with E-state index in [9.17, 15) is 4.79 Å². The van der Waals surface area contributed by atoms with Crippen molar-refractivity contribution in [3.8, 4) is 0 Å². The largest absolute Gasteiger partial charge is 0.466 e. The molecule has 1 fully saturated rings. The van der Waals surface area contributed by atoms with Crippen molar-refractivity contribution in [3.63, 3.8) is 0 Å². The van der Waals surface area contributed by atoms with Crippen LogP contribution in [0, 0.1) is 12.8 Å². The molecule has 3 rings (SSSR count). The molecule has 2 aromatic heterocycles. The molecule has 0 amide bonds. The number of piperidine rings is 1. The predicted octanol–water partition coefficient (Wildman–Crippen LogP) is 1.45. The van der Waals surface area contributed by atoms with Gasteiger partial charge in [0.25, 0.3) is 0 Å². The van der Waals surface area contributed by atoms with E-state index >= 15 is 0 Å². The number of carbonyl (C=O) groups is 1. The van der Waals surface area contributed by atoms with Crippen LogP contribution in [-0.2, 0) is 16.6 Å². The lowest BCUT2D eigenvalue weighted by Crippen LogP contribution is -2.37. The van der Waals surface area contributed by atoms with E-state index in [0.29, 0.717) is 6.61 Å². The summed E-state index contributed by atoms with van der Waals surface area (Å²) in [5.74, 6) is 1.58. The van der Waals surface area contributed by atoms with E-state index in [4.69, 9.17) is 4.74 Å². The average molecular weight is 303 g/mol. The first-order valence-corrected chi connectivity index (χ1v) is 7.68. The minimum atomic E-state index is -0.0763. The van der Waals surface area contributed by atoms with E-state index in [0.717, 1.165) is 48.6 Å². The molecule has 1 aliphatic heterocycles. The third kappa shape index (κ3) is 2.63. The number of fused-ring (bicyclic) bond motifs is 1. The smallest absolute Gasteiger partial charge is 0.309 e. The van der Waals surface area contributed by atoms with Crippen molar-refractivity contribution in [2.75, 3.05) is 24.6 Å². The molecule has 118 valence electrons. The topological polar surface area (TPSA) is 73.1 Å². The maximum Gasteiger partial charge on any atom is 0.309 e. The number of rotatable bonds is 3. The lowest BCUT2D eigenvalue weighted by Gasteiger charge is -2.32. The summed E-state index contributed by atoms with van der Waals surface area (Å²) in [6.07, 6.45) is 3.40. The lowest BCUT2D eigenvalue weighted by atomic mass is 9.97. The van der Waals surface area contributed by atoms with Gasteiger partial charge in [-0.25, -0.2) is 9.97 Å². The molecule has 1 saturated heterocycles. The van der Waals surface area contributed by atoms with Crippen molar-refractivity contribution < 1.29 is 9.53 Å². The first-order valence-electron chi connectivity index (χ1n) is 7.68. The van der Waals surface area contributed by atoms with Crippen molar-refractivity contribution in [1.82, 2.24) is 19.7 Å². The molecule has 0 unspecified atom stereocenters. The zero-order valence-corrected chi connectivity index (χ0v) is 13.2. The van der Waals surface area contributed by atoms with Gasteiger partial charge in [-0.15, -0.1) is 0 Å². The van der Waals surface area contributed by atoms with Gasteiger partial charge in [0.05, 0.1) is 24.1 Å². The molecule has 0 saturated carbocycles. The van der Waals surface area contributed by atoms with E-state index in [1.165, 1.54) is 0 Å². The maximum atomic E-state index is 11.8. The SMILES string of the molecule is CCOC(=O)C1CCN(c2nc(C)nc3c2cnn3C)CC1. The molecule has 0 aromatic carbocycles. The molecular weight excluding hydrogens is 282 g/mol. The van der Waals surface area contributed by atoms with Crippen molar-refractivity contribution in [2.45, 2.75) is 26.7 Å². The molecule has 0 radical (unpaired) electrons. The second-order valence-corrected chi connectivity index (χ2v) is 5.61. The van der Waals surface area contributed by atoms with E-state index in [1.54, 1.807) is 4.68 Å². The fourth-order valence-electron chi connectivity index (χ4n) is 2.94. The molecular formula is C15H21N5O2. The van der Waals surface area contributed by atoms with Gasteiger partial charge in [0, 0.05) is 20.1 Å². The molecule has 7 heteroatoms. The molecule has 2 aromatic rings. The van der Waals surface area contributed by atoms with Crippen LogP contribution in [-0.4, -0.2) is 45.4 Å². The molecule has 0 atom stereocenters. The van der Waals surface area contributed by atoms with Crippen LogP contribution in [0.5, 0.6) is 0 Å². The van der Waals surface area contributed by atoms with Gasteiger partial charge in [0.1, 0.15) is 11.6 Å². The van der Waals surface area contributed by atoms with E-state index in [2.05, 4.69) is 20.0 Å². The highest BCUT2D eigenvalue weighted by molar-refractivity contribution is 5.87. The number of aryl methyl sites for hydroxylation is 2. The number of aromatic nitrogens is 4. The van der Waals surface area contributed by atoms with Crippen LogP contribution in [0.3, 0.4) is 0 Å². The van der Waals surface area contributed by atoms with Gasteiger partial charge in [0.2, 0.25) is 0 Å². The Morgan fingerprint density at radius 2 is 2.09 bits per heavy atom. The first kappa shape index (κ1) is 14.7. The van der Waals surface area contributed by atoms with Crippen molar-refractivity contribution >= 4 is 22.8 Å². The number of hydrogen-bond donors (Lipinski definition) is 0. The Bertz CT molecular complexity index is 689. The van der Waals surface area contributed by atoms with Crippen LogP contribution in [0.4, 0.5) is 5.82 Å². The third-order valence-corrected chi connectivity index (χ3v) is 4.10. The van der Waals surface area contributed by atoms with Crippen molar-refractivity contribution in [1.29, 1.82) is 0 Å². The molecule has 1 aliphatic rings. The summed E-state index contributed by atoms with van der Waals surface area (Å²) in [4.78, 5) is 23.1. The first-order chi connectivity index (χ1) is 10.6. The number of carbonyl (C=O) groups excluding carboxylic acids is 1. The summed E-state index contributed by atoms with van der Waals surface area (Å²) in [6, 6.07) is 0. The molecule has 0 N–H and O–H groups in total. The average Bonchev–Trinajstić information content (AvgIpc) is 2.88. The Kier molecular flexibility index (Phi) is 3.96. The lowest BCUT2D eigenvalue weighted by molar-refractivity contribution is -0.148. The molecule has 0 bridgehead atoms. The number of nitrogens with zero attached hydrogens (tertiary/aromatic N) is 5. The van der Waals surface area contributed by atoms with Gasteiger partial charge in [-0.3, -0.25) is 9.48 Å². The highest BCUT2D eigenvalue weighted by atomic mass is 16.5. The van der Waals surface area contributed by atoms with E-state index < -0.39 is 0 Å². The Hall–Kier alpha value is -2.18. The van der Waals surface area contributed by atoms with Crippen LogP contribution in [0.2, 0.25) is 0 Å². The summed E-state index contributed by atoms with van der Waals surface area (Å²) < 4.78 is 6.88. The molecule has 22 heavy (non-hydrogen) atoms. The normalized spacial score (nSPS) is 16.2. The molecule has 0 aliphatic carbocycles. The Balaban J connectivity index is 1.81. The highest BCUT2D eigenvalue weighted by Gasteiger charge is 2.27. The van der Waals surface area contributed by atoms with Gasteiger partial charge >= 0.3 is 5.97 Å². The molecule has 0 spiro atoms. The fourth-order valence-corrected chi connectivity index (χ4v) is 2.94. The van der Waals surface area contributed by atoms with Gasteiger partial charge in [-0.05, 0) is 26.7 Å². The summed E-state index contributed by atoms with van der Waals surface area (Å²) in [5, 5.41) is 5.23. The summed E-state index contributed by atoms with van der Waals surface area (Å²) in [7, 11) is 1.88. The number of hydrogen-bond acceptors (Lipinski definition) is 6. The molecule has 3 heterocycles. The van der Waals surface area contributed by atoms with Gasteiger partial charge in [-0.1, -0.05) is 0 Å². The fraction of sp³-hybridized carbons (Fsp3) is 0.600. The quantitative estimate of drug-likeness (QED) is 0.799. The monoisotopic (exact) mass is 303 g/mol. The van der Waals surface area contributed by atoms with Crippen LogP contribution in [0.1, 0.15) is 25.6 Å². The summed E-state index contributed by atoms with van der Waals surface area (Å²) in [6.45, 7) is 5.77. The number of esters is 1. The predicted molar refractivity (Wildman–Crippen MR) is 82.6 cm³/mol. The summed E-state index contributed by atoms with van der Waals surface area (Å²) in [5.41, 5.74) is 0.843. The van der Waals surface area contributed by atoms with Crippen LogP contribution in [0.25, 0.3) is 11.0 Å². The second-order valence-electron chi connectivity index (χ2n) is 5.61. The second kappa shape index (κ2) is 5.90. The highest BCUT2D eigenvalue weighted by Crippen LogP contribution is 2.28. The third-order valence-electron chi connectivity index (χ3n) is 4.10. The number of anilines is 1. The van der Waals surface area contributed by atoms with Gasteiger partial charge in [-0.2, -0.15) is 5.10 Å². The summed E-state index contributed by atoms with van der Waals surface area (Å²) >= 11 is 0. The Morgan fingerprint density at radius 1 is 1.36 bits per heavy atom. The minimum Gasteiger partial charge on any atom is -0.466 e. The molecule has 7 nitrogen and oxygen atoms in total. The Labute approximate surface area is 129 Å². The van der Waals surface area contributed by atoms with Gasteiger partial charge < -0.3 is 9.64 Å². The van der Waals surface area contributed by atoms with Crippen molar-refractivity contribution in [3.05, 3.63) is 12.0 Å². The van der Waals surface area contributed by atoms with Crippen molar-refractivity contribution in [2.24, 2.45) is 13.0 Å². The zero-order chi connectivity index (χ0) is 15.7. The van der Waals surface area contributed by atoms with Crippen LogP contribution < -0.4 is 4.90 Å².